The fourth-order valence-corrected chi connectivity index (χ4v) is 5.42. The lowest BCUT2D eigenvalue weighted by atomic mass is 10.2. The quantitative estimate of drug-likeness (QED) is 0.350. The van der Waals surface area contributed by atoms with Crippen LogP contribution in [0.2, 0.25) is 0 Å². The maximum atomic E-state index is 12.8. The van der Waals surface area contributed by atoms with E-state index in [9.17, 15) is 8.42 Å². The minimum Gasteiger partial charge on any atom is -0.454 e. The fraction of sp³-hybridized carbons (Fsp3) is 0.348. The Kier molecular flexibility index (Phi) is 7.62. The third-order valence-corrected chi connectivity index (χ3v) is 7.70. The first-order valence-electron chi connectivity index (χ1n) is 11.0. The molecule has 178 valence electrons. The van der Waals surface area contributed by atoms with Crippen LogP contribution in [0.4, 0.5) is 5.69 Å². The van der Waals surface area contributed by atoms with E-state index in [0.29, 0.717) is 41.9 Å². The Morgan fingerprint density at radius 3 is 2.62 bits per heavy atom. The number of fused-ring (bicyclic) bond motifs is 1. The van der Waals surface area contributed by atoms with E-state index >= 15 is 0 Å². The molecule has 34 heavy (non-hydrogen) atoms. The van der Waals surface area contributed by atoms with E-state index in [1.54, 1.807) is 36.5 Å². The summed E-state index contributed by atoms with van der Waals surface area (Å²) in [5.41, 5.74) is 1.42. The highest BCUT2D eigenvalue weighted by molar-refractivity contribution is 7.89. The number of sulfonamides is 1. The van der Waals surface area contributed by atoms with Crippen LogP contribution in [-0.2, 0) is 10.0 Å². The average Bonchev–Trinajstić information content (AvgIpc) is 3.33. The van der Waals surface area contributed by atoms with Crippen molar-refractivity contribution in [2.75, 3.05) is 31.7 Å². The van der Waals surface area contributed by atoms with Gasteiger partial charge in [0.15, 0.2) is 16.6 Å². The molecule has 0 amide bonds. The van der Waals surface area contributed by atoms with Gasteiger partial charge >= 0.3 is 0 Å². The molecule has 1 saturated heterocycles. The molecule has 0 unspecified atom stereocenters. The summed E-state index contributed by atoms with van der Waals surface area (Å²) in [7, 11) is -3.50. The van der Waals surface area contributed by atoms with Crippen molar-refractivity contribution in [3.05, 3.63) is 48.0 Å². The minimum atomic E-state index is -3.50. The molecule has 0 radical (unpaired) electrons. The largest absolute Gasteiger partial charge is 0.454 e. The molecule has 1 N–H and O–H groups in total. The van der Waals surface area contributed by atoms with E-state index in [4.69, 9.17) is 27.0 Å². The first-order chi connectivity index (χ1) is 16.5. The first-order valence-corrected chi connectivity index (χ1v) is 12.8. The van der Waals surface area contributed by atoms with Gasteiger partial charge in [0.1, 0.15) is 0 Å². The van der Waals surface area contributed by atoms with Crippen molar-refractivity contribution in [1.29, 1.82) is 5.26 Å². The second kappa shape index (κ2) is 10.8. The van der Waals surface area contributed by atoms with Crippen molar-refractivity contribution >= 4 is 39.3 Å². The zero-order valence-corrected chi connectivity index (χ0v) is 20.1. The van der Waals surface area contributed by atoms with Gasteiger partial charge in [-0.1, -0.05) is 6.42 Å². The predicted octanol–water partition coefficient (Wildman–Crippen LogP) is 3.54. The van der Waals surface area contributed by atoms with Gasteiger partial charge in [-0.3, -0.25) is 0 Å². The lowest BCUT2D eigenvalue weighted by molar-refractivity contribution is 0.174. The number of hydrazone groups is 1. The van der Waals surface area contributed by atoms with E-state index in [2.05, 4.69) is 16.5 Å². The molecular formula is C23H25N5O4S2. The zero-order valence-electron chi connectivity index (χ0n) is 18.5. The summed E-state index contributed by atoms with van der Waals surface area (Å²) < 4.78 is 37.9. The van der Waals surface area contributed by atoms with Crippen LogP contribution in [0.5, 0.6) is 11.5 Å². The molecule has 2 aromatic carbocycles. The van der Waals surface area contributed by atoms with E-state index in [0.717, 1.165) is 24.8 Å². The number of rotatable bonds is 7. The summed E-state index contributed by atoms with van der Waals surface area (Å²) in [6, 6.07) is 14.1. The van der Waals surface area contributed by atoms with Crippen molar-refractivity contribution < 1.29 is 17.9 Å². The van der Waals surface area contributed by atoms with E-state index < -0.39 is 10.0 Å². The lowest BCUT2D eigenvalue weighted by Crippen LogP contribution is -2.35. The van der Waals surface area contributed by atoms with Crippen LogP contribution in [0.3, 0.4) is 0 Å². The number of nitrogens with one attached hydrogen (secondary N) is 1. The SMILES string of the molecule is N#CCCN(/N=C/c1ccc2c(c1)OCO2)C(=S)Nc1ccc(S(=O)(=O)N2CCCCC2)cc1. The lowest BCUT2D eigenvalue weighted by Gasteiger charge is -2.26. The monoisotopic (exact) mass is 499 g/mol. The molecule has 0 saturated carbocycles. The Morgan fingerprint density at radius 2 is 1.88 bits per heavy atom. The Bertz CT molecular complexity index is 1200. The number of ether oxygens (including phenoxy) is 2. The topological polar surface area (TPSA) is 107 Å². The molecule has 2 aliphatic rings. The summed E-state index contributed by atoms with van der Waals surface area (Å²) in [6.07, 6.45) is 4.69. The summed E-state index contributed by atoms with van der Waals surface area (Å²) in [4.78, 5) is 0.257. The van der Waals surface area contributed by atoms with Crippen molar-refractivity contribution in [2.45, 2.75) is 30.6 Å². The fourth-order valence-electron chi connectivity index (χ4n) is 3.65. The third-order valence-electron chi connectivity index (χ3n) is 5.47. The summed E-state index contributed by atoms with van der Waals surface area (Å²) in [5.74, 6) is 1.33. The first kappa shape index (κ1) is 23.9. The number of hydrogen-bond donors (Lipinski definition) is 1. The predicted molar refractivity (Wildman–Crippen MR) is 132 cm³/mol. The van der Waals surface area contributed by atoms with Gasteiger partial charge in [0, 0.05) is 18.8 Å². The number of thiocarbonyl (C=S) groups is 1. The molecular weight excluding hydrogens is 474 g/mol. The Hall–Kier alpha value is -3.20. The zero-order chi connectivity index (χ0) is 24.0. The number of anilines is 1. The van der Waals surface area contributed by atoms with Crippen molar-refractivity contribution in [3.63, 3.8) is 0 Å². The summed E-state index contributed by atoms with van der Waals surface area (Å²) >= 11 is 5.49. The highest BCUT2D eigenvalue weighted by atomic mass is 32.2. The van der Waals surface area contributed by atoms with Crippen LogP contribution in [0.1, 0.15) is 31.2 Å². The molecule has 2 aliphatic heterocycles. The van der Waals surface area contributed by atoms with Crippen molar-refractivity contribution in [2.24, 2.45) is 5.10 Å². The second-order valence-corrected chi connectivity index (χ2v) is 10.1. The smallest absolute Gasteiger partial charge is 0.243 e. The Labute approximate surface area is 204 Å². The highest BCUT2D eigenvalue weighted by Gasteiger charge is 2.25. The van der Waals surface area contributed by atoms with Gasteiger partial charge in [0.2, 0.25) is 16.8 Å². The number of piperidine rings is 1. The molecule has 2 heterocycles. The Morgan fingerprint density at radius 1 is 1.15 bits per heavy atom. The van der Waals surface area contributed by atoms with Gasteiger partial charge in [-0.2, -0.15) is 14.7 Å². The van der Waals surface area contributed by atoms with Crippen LogP contribution in [0, 0.1) is 11.3 Å². The summed E-state index contributed by atoms with van der Waals surface area (Å²) in [6.45, 7) is 1.60. The molecule has 1 fully saturated rings. The molecule has 0 aliphatic carbocycles. The van der Waals surface area contributed by atoms with E-state index in [-0.39, 0.29) is 18.1 Å². The highest BCUT2D eigenvalue weighted by Crippen LogP contribution is 2.32. The molecule has 4 rings (SSSR count). The molecule has 2 aromatic rings. The van der Waals surface area contributed by atoms with Crippen molar-refractivity contribution in [3.8, 4) is 17.6 Å². The average molecular weight is 500 g/mol. The van der Waals surface area contributed by atoms with Crippen LogP contribution in [-0.4, -0.2) is 55.5 Å². The standard InChI is InChI=1S/C23H25N5O4S2/c24-11-4-14-28(25-16-18-5-10-21-22(15-18)32-17-31-21)23(33)26-19-6-8-20(9-7-19)34(29,30)27-12-2-1-3-13-27/h5-10,15-16H,1-4,12-14,17H2,(H,26,33)/b25-16+. The van der Waals surface area contributed by atoms with Gasteiger partial charge in [0.25, 0.3) is 0 Å². The number of nitrogens with zero attached hydrogens (tertiary/aromatic N) is 4. The number of hydrogen-bond acceptors (Lipinski definition) is 7. The number of nitriles is 1. The number of benzene rings is 2. The molecule has 11 heteroatoms. The third kappa shape index (κ3) is 5.64. The molecule has 0 aromatic heterocycles. The second-order valence-electron chi connectivity index (χ2n) is 7.81. The van der Waals surface area contributed by atoms with Gasteiger partial charge in [-0.05, 0) is 73.1 Å². The molecule has 0 spiro atoms. The maximum Gasteiger partial charge on any atom is 0.243 e. The van der Waals surface area contributed by atoms with Crippen LogP contribution < -0.4 is 14.8 Å². The van der Waals surface area contributed by atoms with Gasteiger partial charge in [0.05, 0.1) is 30.1 Å². The van der Waals surface area contributed by atoms with E-state index in [1.165, 1.54) is 9.31 Å². The Balaban J connectivity index is 1.43. The normalized spacial score (nSPS) is 15.7. The van der Waals surface area contributed by atoms with Crippen LogP contribution in [0.25, 0.3) is 0 Å². The molecule has 0 bridgehead atoms. The van der Waals surface area contributed by atoms with Crippen LogP contribution >= 0.6 is 12.2 Å². The molecule has 0 atom stereocenters. The van der Waals surface area contributed by atoms with Crippen LogP contribution in [0.15, 0.2) is 52.5 Å². The molecule has 9 nitrogen and oxygen atoms in total. The van der Waals surface area contributed by atoms with Gasteiger partial charge in [-0.15, -0.1) is 0 Å². The van der Waals surface area contributed by atoms with Crippen molar-refractivity contribution in [1.82, 2.24) is 9.31 Å². The maximum absolute atomic E-state index is 12.8. The summed E-state index contributed by atoms with van der Waals surface area (Å²) in [5, 5.41) is 18.3. The minimum absolute atomic E-state index is 0.191. The van der Waals surface area contributed by atoms with Gasteiger partial charge in [-0.25, -0.2) is 13.4 Å². The van der Waals surface area contributed by atoms with Gasteiger partial charge < -0.3 is 14.8 Å². The van der Waals surface area contributed by atoms with E-state index in [1.807, 2.05) is 12.1 Å².